The topological polar surface area (TPSA) is 48.9 Å². The molecule has 0 fully saturated rings. The van der Waals surface area contributed by atoms with Gasteiger partial charge in [0.25, 0.3) is 0 Å². The van der Waals surface area contributed by atoms with E-state index in [1.54, 1.807) is 33.6 Å². The van der Waals surface area contributed by atoms with E-state index in [4.69, 9.17) is 11.6 Å². The van der Waals surface area contributed by atoms with Crippen LogP contribution in [0, 0.1) is 0 Å². The van der Waals surface area contributed by atoms with E-state index in [-0.39, 0.29) is 23.5 Å². The number of rotatable bonds is 1. The van der Waals surface area contributed by atoms with Gasteiger partial charge in [-0.05, 0) is 30.7 Å². The molecular weight excluding hydrogens is 266 g/mol. The highest BCUT2D eigenvalue weighted by Crippen LogP contribution is 2.35. The average molecular weight is 276 g/mol. The summed E-state index contributed by atoms with van der Waals surface area (Å²) in [6, 6.07) is 6.72. The lowest BCUT2D eigenvalue weighted by Gasteiger charge is -2.07. The molecular formula is C13H10ClN3O2. The molecule has 0 amide bonds. The van der Waals surface area contributed by atoms with Crippen molar-refractivity contribution < 1.29 is 0 Å². The second kappa shape index (κ2) is 3.51. The van der Waals surface area contributed by atoms with Gasteiger partial charge in [0.1, 0.15) is 0 Å². The molecule has 1 aliphatic carbocycles. The highest BCUT2D eigenvalue weighted by molar-refractivity contribution is 6.30. The summed E-state index contributed by atoms with van der Waals surface area (Å²) in [6.07, 6.45) is 4.78. The molecule has 96 valence electrons. The first kappa shape index (κ1) is 10.9. The lowest BCUT2D eigenvalue weighted by atomic mass is 10.2. The summed E-state index contributed by atoms with van der Waals surface area (Å²) in [5.74, 6) is 0. The second-order valence-corrected chi connectivity index (χ2v) is 5.26. The maximum absolute atomic E-state index is 12.4. The second-order valence-electron chi connectivity index (χ2n) is 4.82. The number of aromatic nitrogens is 3. The fraction of sp³-hybridized carbons (Fsp3) is 0.231. The van der Waals surface area contributed by atoms with Crippen molar-refractivity contribution in [1.29, 1.82) is 0 Å². The molecule has 2 heterocycles. The van der Waals surface area contributed by atoms with Gasteiger partial charge in [-0.15, -0.1) is 0 Å². The minimum Gasteiger partial charge on any atom is -0.245 e. The number of benzene rings is 1. The van der Waals surface area contributed by atoms with Crippen LogP contribution in [0.3, 0.4) is 0 Å². The Kier molecular flexibility index (Phi) is 2.01. The van der Waals surface area contributed by atoms with Crippen LogP contribution < -0.4 is 11.4 Å². The molecule has 19 heavy (non-hydrogen) atoms. The first-order valence-electron chi connectivity index (χ1n) is 6.07. The first-order chi connectivity index (χ1) is 9.16. The smallest absolute Gasteiger partial charge is 0.245 e. The van der Waals surface area contributed by atoms with E-state index in [1.165, 1.54) is 4.57 Å². The van der Waals surface area contributed by atoms with Gasteiger partial charge in [0.15, 0.2) is 0 Å². The van der Waals surface area contributed by atoms with Crippen LogP contribution >= 0.6 is 11.6 Å². The monoisotopic (exact) mass is 275 g/mol. The molecule has 0 saturated carbocycles. The number of hydrogen-bond acceptors (Lipinski definition) is 2. The molecule has 0 saturated heterocycles. The third-order valence-electron chi connectivity index (χ3n) is 3.76. The summed E-state index contributed by atoms with van der Waals surface area (Å²) in [5.41, 5.74) is -0.0263. The molecule has 1 aromatic heterocycles. The highest BCUT2D eigenvalue weighted by atomic mass is 35.5. The molecule has 2 aliphatic rings. The number of hydrogen-bond donors (Lipinski definition) is 0. The summed E-state index contributed by atoms with van der Waals surface area (Å²) in [4.78, 5) is 24.8. The molecule has 5 nitrogen and oxygen atoms in total. The Hall–Kier alpha value is -2.01. The zero-order chi connectivity index (χ0) is 13.1. The molecule has 0 radical (unpaired) electrons. The van der Waals surface area contributed by atoms with E-state index in [9.17, 15) is 9.59 Å². The van der Waals surface area contributed by atoms with Crippen molar-refractivity contribution in [1.82, 2.24) is 13.9 Å². The molecule has 1 aliphatic heterocycles. The van der Waals surface area contributed by atoms with Crippen LogP contribution in [0.5, 0.6) is 0 Å². The molecule has 4 rings (SSSR count). The van der Waals surface area contributed by atoms with Crippen molar-refractivity contribution in [2.45, 2.75) is 18.5 Å². The third-order valence-corrected chi connectivity index (χ3v) is 4.01. The quantitative estimate of drug-likeness (QED) is 0.741. The average Bonchev–Trinajstić information content (AvgIpc) is 3.06. The van der Waals surface area contributed by atoms with Gasteiger partial charge in [-0.2, -0.15) is 0 Å². The van der Waals surface area contributed by atoms with Gasteiger partial charge in [0, 0.05) is 5.02 Å². The normalized spacial score (nSPS) is 23.0. The molecule has 0 spiro atoms. The Balaban J connectivity index is 2.00. The number of fused-ring (bicyclic) bond motifs is 5. The summed E-state index contributed by atoms with van der Waals surface area (Å²) >= 11 is 5.82. The molecule has 0 unspecified atom stereocenters. The van der Waals surface area contributed by atoms with Crippen LogP contribution in [0.2, 0.25) is 5.02 Å². The molecule has 1 aromatic carbocycles. The fourth-order valence-electron chi connectivity index (χ4n) is 2.91. The van der Waals surface area contributed by atoms with Crippen molar-refractivity contribution in [3.63, 3.8) is 0 Å². The number of allylic oxidation sites excluding steroid dienone is 2. The Morgan fingerprint density at radius 3 is 2.00 bits per heavy atom. The van der Waals surface area contributed by atoms with E-state index in [2.05, 4.69) is 0 Å². The van der Waals surface area contributed by atoms with Gasteiger partial charge in [-0.3, -0.25) is 0 Å². The van der Waals surface area contributed by atoms with Crippen LogP contribution in [0.4, 0.5) is 0 Å². The highest BCUT2D eigenvalue weighted by Gasteiger charge is 2.37. The largest absolute Gasteiger partial charge is 0.352 e. The van der Waals surface area contributed by atoms with Crippen LogP contribution in [0.15, 0.2) is 46.0 Å². The predicted octanol–water partition coefficient (Wildman–Crippen LogP) is 1.51. The van der Waals surface area contributed by atoms with Gasteiger partial charge >= 0.3 is 11.4 Å². The van der Waals surface area contributed by atoms with Crippen molar-refractivity contribution in [3.05, 3.63) is 62.4 Å². The minimum absolute atomic E-state index is 0.0127. The van der Waals surface area contributed by atoms with E-state index in [1.807, 2.05) is 12.2 Å². The van der Waals surface area contributed by atoms with E-state index >= 15 is 0 Å². The first-order valence-corrected chi connectivity index (χ1v) is 6.45. The molecule has 2 atom stereocenters. The van der Waals surface area contributed by atoms with Crippen molar-refractivity contribution in [3.8, 4) is 5.69 Å². The maximum Gasteiger partial charge on any atom is 0.352 e. The van der Waals surface area contributed by atoms with Crippen LogP contribution in [-0.4, -0.2) is 13.9 Å². The zero-order valence-corrected chi connectivity index (χ0v) is 10.6. The maximum atomic E-state index is 12.4. The van der Waals surface area contributed by atoms with Crippen molar-refractivity contribution in [2.24, 2.45) is 0 Å². The van der Waals surface area contributed by atoms with E-state index < -0.39 is 0 Å². The van der Waals surface area contributed by atoms with Gasteiger partial charge < -0.3 is 0 Å². The Labute approximate surface area is 112 Å². The molecule has 6 heteroatoms. The van der Waals surface area contributed by atoms with Gasteiger partial charge in [0.2, 0.25) is 0 Å². The van der Waals surface area contributed by atoms with Crippen molar-refractivity contribution in [2.75, 3.05) is 0 Å². The standard InChI is InChI=1S/C13H10ClN3O2/c14-8-1-3-9(4-2-8)15-12(18)16-10-5-6-11(7-10)17(16)13(15)19/h1-6,10-11H,7H2/t10-,11-/m0/s1. The van der Waals surface area contributed by atoms with Crippen LogP contribution in [0.1, 0.15) is 18.5 Å². The molecule has 2 aromatic rings. The van der Waals surface area contributed by atoms with E-state index in [0.29, 0.717) is 10.7 Å². The lowest BCUT2D eigenvalue weighted by Crippen LogP contribution is -2.28. The summed E-state index contributed by atoms with van der Waals surface area (Å²) in [5, 5.41) is 0.574. The Morgan fingerprint density at radius 2 is 1.47 bits per heavy atom. The van der Waals surface area contributed by atoms with Crippen molar-refractivity contribution >= 4 is 11.6 Å². The van der Waals surface area contributed by atoms with Crippen LogP contribution in [-0.2, 0) is 0 Å². The third kappa shape index (κ3) is 1.30. The predicted molar refractivity (Wildman–Crippen MR) is 71.1 cm³/mol. The Bertz CT molecular complexity index is 766. The van der Waals surface area contributed by atoms with Gasteiger partial charge in [-0.1, -0.05) is 23.8 Å². The summed E-state index contributed by atoms with van der Waals surface area (Å²) < 4.78 is 4.28. The number of halogens is 1. The molecule has 0 N–H and O–H groups in total. The minimum atomic E-state index is -0.288. The van der Waals surface area contributed by atoms with E-state index in [0.717, 1.165) is 6.42 Å². The fourth-order valence-corrected chi connectivity index (χ4v) is 3.04. The van der Waals surface area contributed by atoms with Gasteiger partial charge in [0.05, 0.1) is 17.8 Å². The zero-order valence-electron chi connectivity index (χ0n) is 9.86. The van der Waals surface area contributed by atoms with Gasteiger partial charge in [-0.25, -0.2) is 23.5 Å². The Morgan fingerprint density at radius 1 is 0.947 bits per heavy atom. The van der Waals surface area contributed by atoms with Crippen LogP contribution in [0.25, 0.3) is 5.69 Å². The summed E-state index contributed by atoms with van der Waals surface area (Å²) in [6.45, 7) is 0. The number of nitrogens with zero attached hydrogens (tertiary/aromatic N) is 3. The lowest BCUT2D eigenvalue weighted by molar-refractivity contribution is 0.505. The molecule has 2 bridgehead atoms. The SMILES string of the molecule is O=c1n(-c2ccc(Cl)cc2)c(=O)n2n1[C@H]1C=C[C@H]2C1. The summed E-state index contributed by atoms with van der Waals surface area (Å²) in [7, 11) is 0.